The van der Waals surface area contributed by atoms with Crippen LogP contribution in [0.15, 0.2) is 30.3 Å². The van der Waals surface area contributed by atoms with E-state index >= 15 is 0 Å². The number of halogens is 1. The second kappa shape index (κ2) is 6.10. The zero-order valence-corrected chi connectivity index (χ0v) is 10.7. The molecule has 1 N–H and O–H groups in total. The van der Waals surface area contributed by atoms with Crippen molar-refractivity contribution in [1.82, 2.24) is 5.32 Å². The molecule has 1 aromatic rings. The van der Waals surface area contributed by atoms with E-state index in [0.717, 1.165) is 19.1 Å². The molecule has 1 aliphatic rings. The van der Waals surface area contributed by atoms with E-state index in [1.165, 1.54) is 5.56 Å². The van der Waals surface area contributed by atoms with Crippen LogP contribution in [-0.4, -0.2) is 18.5 Å². The van der Waals surface area contributed by atoms with Gasteiger partial charge in [0.05, 0.1) is 0 Å². The predicted molar refractivity (Wildman–Crippen MR) is 70.1 cm³/mol. The van der Waals surface area contributed by atoms with E-state index < -0.39 is 6.17 Å². The molecule has 0 unspecified atom stereocenters. The Hall–Kier alpha value is -1.22. The van der Waals surface area contributed by atoms with Crippen LogP contribution in [0.25, 0.3) is 0 Å². The maximum absolute atomic E-state index is 13.9. The minimum absolute atomic E-state index is 0.0925. The molecule has 0 heterocycles. The second-order valence-corrected chi connectivity index (χ2v) is 5.13. The minimum Gasteiger partial charge on any atom is -0.305 e. The first-order valence-electron chi connectivity index (χ1n) is 6.61. The van der Waals surface area contributed by atoms with E-state index in [2.05, 4.69) is 5.32 Å². The summed E-state index contributed by atoms with van der Waals surface area (Å²) < 4.78 is 13.9. The molecular weight excluding hydrogens is 229 g/mol. The number of hydrogen-bond acceptors (Lipinski definition) is 2. The van der Waals surface area contributed by atoms with Crippen molar-refractivity contribution < 1.29 is 9.18 Å². The summed E-state index contributed by atoms with van der Waals surface area (Å²) in [7, 11) is 0. The maximum Gasteiger partial charge on any atom is 0.123 e. The van der Waals surface area contributed by atoms with Gasteiger partial charge in [0.1, 0.15) is 12.5 Å². The second-order valence-electron chi connectivity index (χ2n) is 5.13. The van der Waals surface area contributed by atoms with Gasteiger partial charge in [0.2, 0.25) is 0 Å². The molecule has 1 aromatic carbocycles. The van der Waals surface area contributed by atoms with Crippen molar-refractivity contribution >= 4 is 6.29 Å². The van der Waals surface area contributed by atoms with Crippen LogP contribution in [-0.2, 0) is 4.79 Å². The zero-order valence-electron chi connectivity index (χ0n) is 10.7. The molecule has 0 spiro atoms. The van der Waals surface area contributed by atoms with Crippen LogP contribution in [0.3, 0.4) is 0 Å². The van der Waals surface area contributed by atoms with Gasteiger partial charge >= 0.3 is 0 Å². The summed E-state index contributed by atoms with van der Waals surface area (Å²) in [6.07, 6.45) is 1.87. The van der Waals surface area contributed by atoms with Crippen molar-refractivity contribution in [3.05, 3.63) is 35.9 Å². The number of nitrogens with one attached hydrogen (secondary N) is 1. The van der Waals surface area contributed by atoms with Gasteiger partial charge in [-0.1, -0.05) is 30.3 Å². The summed E-state index contributed by atoms with van der Waals surface area (Å²) in [6, 6.07) is 10.1. The molecular formula is C15H20FNO. The van der Waals surface area contributed by atoms with Gasteiger partial charge in [-0.25, -0.2) is 4.39 Å². The Morgan fingerprint density at radius 3 is 2.67 bits per heavy atom. The van der Waals surface area contributed by atoms with E-state index in [9.17, 15) is 9.18 Å². The summed E-state index contributed by atoms with van der Waals surface area (Å²) in [4.78, 5) is 10.7. The monoisotopic (exact) mass is 249 g/mol. The van der Waals surface area contributed by atoms with E-state index in [4.69, 9.17) is 0 Å². The maximum atomic E-state index is 13.9. The number of hydrogen-bond donors (Lipinski definition) is 1. The average Bonchev–Trinajstić information content (AvgIpc) is 2.42. The third-order valence-electron chi connectivity index (χ3n) is 3.77. The topological polar surface area (TPSA) is 29.1 Å². The molecule has 1 fully saturated rings. The molecule has 0 radical (unpaired) electrons. The Labute approximate surface area is 108 Å². The summed E-state index contributed by atoms with van der Waals surface area (Å²) in [6.45, 7) is 2.05. The van der Waals surface area contributed by atoms with Crippen LogP contribution < -0.4 is 5.32 Å². The molecule has 0 aromatic heterocycles. The highest BCUT2D eigenvalue weighted by Gasteiger charge is 2.31. The Balaban J connectivity index is 1.92. The molecule has 4 atom stereocenters. The van der Waals surface area contributed by atoms with Crippen LogP contribution in [0.5, 0.6) is 0 Å². The largest absolute Gasteiger partial charge is 0.305 e. The quantitative estimate of drug-likeness (QED) is 0.831. The molecule has 2 rings (SSSR count). The summed E-state index contributed by atoms with van der Waals surface area (Å²) in [5.41, 5.74) is 1.17. The lowest BCUT2D eigenvalue weighted by Crippen LogP contribution is -2.43. The van der Waals surface area contributed by atoms with Gasteiger partial charge < -0.3 is 10.1 Å². The lowest BCUT2D eigenvalue weighted by Gasteiger charge is -2.32. The Morgan fingerprint density at radius 1 is 1.33 bits per heavy atom. The third-order valence-corrected chi connectivity index (χ3v) is 3.77. The first-order valence-corrected chi connectivity index (χ1v) is 6.61. The van der Waals surface area contributed by atoms with Gasteiger partial charge in [-0.3, -0.25) is 0 Å². The van der Waals surface area contributed by atoms with E-state index in [1.54, 1.807) is 0 Å². The Kier molecular flexibility index (Phi) is 4.48. The van der Waals surface area contributed by atoms with Gasteiger partial charge in [-0.15, -0.1) is 0 Å². The highest BCUT2D eigenvalue weighted by atomic mass is 19.1. The van der Waals surface area contributed by atoms with Gasteiger partial charge in [0, 0.05) is 18.0 Å². The zero-order chi connectivity index (χ0) is 13.0. The first-order chi connectivity index (χ1) is 8.70. The number of rotatable bonds is 4. The number of aldehydes is 1. The fourth-order valence-corrected chi connectivity index (χ4v) is 2.62. The van der Waals surface area contributed by atoms with E-state index in [1.807, 2.05) is 37.3 Å². The molecule has 0 bridgehead atoms. The van der Waals surface area contributed by atoms with Crippen molar-refractivity contribution in [2.45, 2.75) is 44.4 Å². The average molecular weight is 249 g/mol. The molecule has 1 saturated carbocycles. The summed E-state index contributed by atoms with van der Waals surface area (Å²) in [5, 5.41) is 3.34. The fourth-order valence-electron chi connectivity index (χ4n) is 2.62. The highest BCUT2D eigenvalue weighted by molar-refractivity contribution is 5.53. The van der Waals surface area contributed by atoms with Crippen LogP contribution in [0, 0.1) is 5.92 Å². The Bertz CT molecular complexity index is 381. The van der Waals surface area contributed by atoms with Crippen molar-refractivity contribution in [3.63, 3.8) is 0 Å². The van der Waals surface area contributed by atoms with Crippen LogP contribution in [0.4, 0.5) is 4.39 Å². The first kappa shape index (κ1) is 13.2. The van der Waals surface area contributed by atoms with Gasteiger partial charge in [-0.05, 0) is 31.7 Å². The van der Waals surface area contributed by atoms with Crippen LogP contribution >= 0.6 is 0 Å². The minimum atomic E-state index is -0.917. The van der Waals surface area contributed by atoms with Gasteiger partial charge in [0.25, 0.3) is 0 Å². The van der Waals surface area contributed by atoms with Crippen molar-refractivity contribution in [2.24, 2.45) is 5.92 Å². The molecule has 0 amide bonds. The SMILES string of the molecule is C[C@@H](N[C@@H]1CC[C@@H](C=O)C[C@@H]1F)c1ccccc1. The molecule has 0 aliphatic heterocycles. The number of carbonyl (C=O) groups excluding carboxylic acids is 1. The molecule has 18 heavy (non-hydrogen) atoms. The standard InChI is InChI=1S/C15H20FNO/c1-11(13-5-3-2-4-6-13)17-15-8-7-12(10-18)9-14(15)16/h2-6,10-12,14-15,17H,7-9H2,1H3/t11-,12-,14+,15-/m1/s1. The summed E-state index contributed by atoms with van der Waals surface area (Å²) in [5.74, 6) is -0.0925. The number of carbonyl (C=O) groups is 1. The lowest BCUT2D eigenvalue weighted by molar-refractivity contribution is -0.112. The predicted octanol–water partition coefficient (Wildman–Crippen LogP) is 3.04. The summed E-state index contributed by atoms with van der Waals surface area (Å²) >= 11 is 0. The fraction of sp³-hybridized carbons (Fsp3) is 0.533. The van der Waals surface area contributed by atoms with Crippen LogP contribution in [0.1, 0.15) is 37.8 Å². The smallest absolute Gasteiger partial charge is 0.123 e. The van der Waals surface area contributed by atoms with Gasteiger partial charge in [0.15, 0.2) is 0 Å². The molecule has 1 aliphatic carbocycles. The van der Waals surface area contributed by atoms with E-state index in [-0.39, 0.29) is 18.0 Å². The van der Waals surface area contributed by atoms with Crippen molar-refractivity contribution in [1.29, 1.82) is 0 Å². The molecule has 3 heteroatoms. The van der Waals surface area contributed by atoms with Crippen molar-refractivity contribution in [2.75, 3.05) is 0 Å². The number of alkyl halides is 1. The van der Waals surface area contributed by atoms with Gasteiger partial charge in [-0.2, -0.15) is 0 Å². The lowest BCUT2D eigenvalue weighted by atomic mass is 9.85. The van der Waals surface area contributed by atoms with E-state index in [0.29, 0.717) is 6.42 Å². The third kappa shape index (κ3) is 3.16. The van der Waals surface area contributed by atoms with Crippen molar-refractivity contribution in [3.8, 4) is 0 Å². The number of benzene rings is 1. The highest BCUT2D eigenvalue weighted by Crippen LogP contribution is 2.27. The molecule has 0 saturated heterocycles. The normalized spacial score (nSPS) is 29.8. The molecule has 98 valence electrons. The Morgan fingerprint density at radius 2 is 2.06 bits per heavy atom. The van der Waals surface area contributed by atoms with Crippen LogP contribution in [0.2, 0.25) is 0 Å². The molecule has 2 nitrogen and oxygen atoms in total.